The standard InChI is InChI=1S/C94H86N4O2/c1-86(2,3)56-45-62-74-64(47-56)81-82(98-85(95-81)61-39-35-53-29-21-25-33-60(53)78(61)93(98)66-34-26-22-30-54(66)38-40-67(93)55-43-70(88(7,8)9)83(99)71(44-55)89(10,11)12)65-48-57(87(4,5)6)46-63(75(65)74)80-79(62)96-94(97-80)69-42-37-52-28-20-24-32-59(52)77(69)76-58-31-23-19-27-51(58)36-41-68(76)92(94)49-72(90(13,14)15)84(100)73(50-92)91(16,17)18/h19-50H,1-18H3. The second-order valence-corrected chi connectivity index (χ2v) is 35.8. The average Bonchev–Trinajstić information content (AvgIpc) is 1.40. The summed E-state index contributed by atoms with van der Waals surface area (Å²) in [5, 5.41) is 15.0. The summed E-state index contributed by atoms with van der Waals surface area (Å²) in [7, 11) is 0. The van der Waals surface area contributed by atoms with Crippen molar-refractivity contribution >= 4 is 93.3 Å². The summed E-state index contributed by atoms with van der Waals surface area (Å²) in [4.78, 5) is 50.5. The fourth-order valence-electron chi connectivity index (χ4n) is 18.4. The van der Waals surface area contributed by atoms with Crippen LogP contribution in [0.2, 0.25) is 0 Å². The Hall–Kier alpha value is -9.91. The Morgan fingerprint density at radius 1 is 0.400 bits per heavy atom. The van der Waals surface area contributed by atoms with Crippen LogP contribution in [0.25, 0.3) is 104 Å². The normalized spacial score (nSPS) is 19.6. The lowest BCUT2D eigenvalue weighted by atomic mass is 9.54. The second-order valence-electron chi connectivity index (χ2n) is 35.8. The van der Waals surface area contributed by atoms with E-state index >= 15 is 9.59 Å². The quantitative estimate of drug-likeness (QED) is 0.142. The average molecular weight is 1300 g/mol. The fourth-order valence-corrected chi connectivity index (χ4v) is 18.4. The van der Waals surface area contributed by atoms with Gasteiger partial charge in [0.2, 0.25) is 0 Å². The van der Waals surface area contributed by atoms with Gasteiger partial charge in [-0.2, -0.15) is 0 Å². The van der Waals surface area contributed by atoms with Crippen molar-refractivity contribution in [1.82, 2.24) is 9.55 Å². The van der Waals surface area contributed by atoms with Crippen LogP contribution < -0.4 is 10.7 Å². The van der Waals surface area contributed by atoms with Crippen molar-refractivity contribution in [2.45, 2.75) is 152 Å². The van der Waals surface area contributed by atoms with Gasteiger partial charge >= 0.3 is 0 Å². The van der Waals surface area contributed by atoms with E-state index in [9.17, 15) is 0 Å². The number of hydrogen-bond donors (Lipinski definition) is 0. The number of carbonyl (C=O) groups is 2. The number of allylic oxidation sites excluding steroid dienone is 9. The first-order valence-electron chi connectivity index (χ1n) is 36.0. The Balaban J connectivity index is 1.09. The highest BCUT2D eigenvalue weighted by atomic mass is 16.1. The Labute approximate surface area is 586 Å². The summed E-state index contributed by atoms with van der Waals surface area (Å²) in [6.07, 6.45) is 13.8. The van der Waals surface area contributed by atoms with Gasteiger partial charge in [-0.05, 0) is 151 Å². The monoisotopic (exact) mass is 1300 g/mol. The predicted octanol–water partition coefficient (Wildman–Crippen LogP) is 22.2. The van der Waals surface area contributed by atoms with Crippen molar-refractivity contribution in [3.63, 3.8) is 0 Å². The zero-order valence-electron chi connectivity index (χ0n) is 61.1. The summed E-state index contributed by atoms with van der Waals surface area (Å²) in [5.41, 5.74) is 12.1. The first kappa shape index (κ1) is 62.4. The highest BCUT2D eigenvalue weighted by Crippen LogP contribution is 2.65. The van der Waals surface area contributed by atoms with Crippen LogP contribution in [0.15, 0.2) is 232 Å². The van der Waals surface area contributed by atoms with Gasteiger partial charge in [0.05, 0.1) is 27.2 Å². The molecule has 6 heteroatoms. The number of carbonyl (C=O) groups excluding carboxylic acids is 2. The van der Waals surface area contributed by atoms with Gasteiger partial charge in [0.15, 0.2) is 17.2 Å². The number of fused-ring (bicyclic) bond motifs is 26. The number of hydrogen-bond acceptors (Lipinski definition) is 5. The van der Waals surface area contributed by atoms with E-state index in [-0.39, 0.29) is 22.4 Å². The molecule has 2 unspecified atom stereocenters. The molecule has 2 aliphatic heterocycles. The third-order valence-corrected chi connectivity index (χ3v) is 23.3. The molecule has 3 spiro atoms. The second kappa shape index (κ2) is 19.8. The summed E-state index contributed by atoms with van der Waals surface area (Å²) >= 11 is 0. The van der Waals surface area contributed by atoms with E-state index in [1.54, 1.807) is 0 Å². The van der Waals surface area contributed by atoms with Gasteiger partial charge in [-0.3, -0.25) is 9.59 Å². The lowest BCUT2D eigenvalue weighted by molar-refractivity contribution is -0.115. The topological polar surface area (TPSA) is 76.7 Å². The molecular formula is C94H86N4O2. The minimum absolute atomic E-state index is 0.0715. The van der Waals surface area contributed by atoms with E-state index < -0.39 is 38.3 Å². The van der Waals surface area contributed by atoms with E-state index in [0.29, 0.717) is 0 Å². The fraction of sp³-hybridized carbons (Fsp3) is 0.287. The van der Waals surface area contributed by atoms with E-state index in [1.165, 1.54) is 5.56 Å². The van der Waals surface area contributed by atoms with E-state index in [1.807, 2.05) is 0 Å². The SMILES string of the molecule is CC(C)(C)C1=CC(=C2C=Cc3ccccc3C23c2c(ccc4ccccc24)-c2nc4c5cc(C(C)(C)C)cc6c7c(c8cc(C(C)(C)C)cc(c8c65)c4n23)=NC2(N=7)c3ccc4ccccc4c3-c3c(ccc4ccccc34)C23C=C(C(C)(C)C)C(=O)C(C(C)(C)C)=C3)C=C(C(C)(C)C)C1=O. The van der Waals surface area contributed by atoms with Crippen LogP contribution in [0.3, 0.4) is 0 Å². The number of ketones is 2. The van der Waals surface area contributed by atoms with Gasteiger partial charge in [-0.1, -0.05) is 282 Å². The summed E-state index contributed by atoms with van der Waals surface area (Å²) in [5.74, 6) is 1.07. The molecule has 0 saturated heterocycles. The molecule has 12 aromatic rings. The van der Waals surface area contributed by atoms with Crippen LogP contribution >= 0.6 is 0 Å². The van der Waals surface area contributed by atoms with Gasteiger partial charge in [-0.15, -0.1) is 0 Å². The molecule has 4 aliphatic carbocycles. The smallest absolute Gasteiger partial charge is 0.194 e. The molecule has 1 aromatic heterocycles. The van der Waals surface area contributed by atoms with E-state index in [0.717, 1.165) is 176 Å². The molecule has 6 nitrogen and oxygen atoms in total. The molecule has 2 atom stereocenters. The molecule has 494 valence electrons. The van der Waals surface area contributed by atoms with Gasteiger partial charge in [-0.25, -0.2) is 15.0 Å². The predicted molar refractivity (Wildman–Crippen MR) is 415 cm³/mol. The van der Waals surface area contributed by atoms with Gasteiger partial charge in [0, 0.05) is 71.3 Å². The molecule has 0 amide bonds. The lowest BCUT2D eigenvalue weighted by Crippen LogP contribution is -2.50. The molecule has 100 heavy (non-hydrogen) atoms. The first-order chi connectivity index (χ1) is 47.2. The number of rotatable bonds is 0. The molecule has 11 aromatic carbocycles. The van der Waals surface area contributed by atoms with Crippen LogP contribution in [0.4, 0.5) is 0 Å². The number of Topliss-reactive ketones (excluding diaryl/α,β-unsaturated/α-hetero) is 2. The van der Waals surface area contributed by atoms with Gasteiger partial charge in [0.25, 0.3) is 0 Å². The molecule has 6 aliphatic rings. The molecule has 18 rings (SSSR count). The van der Waals surface area contributed by atoms with E-state index in [2.05, 4.69) is 323 Å². The van der Waals surface area contributed by atoms with Crippen molar-refractivity contribution in [3.8, 4) is 22.5 Å². The molecule has 0 fully saturated rings. The number of benzene rings is 11. The minimum Gasteiger partial charge on any atom is -0.304 e. The number of nitrogens with zero attached hydrogens (tertiary/aromatic N) is 4. The molecule has 0 radical (unpaired) electrons. The maximum absolute atomic E-state index is 15.8. The van der Waals surface area contributed by atoms with E-state index in [4.69, 9.17) is 15.0 Å². The Kier molecular flexibility index (Phi) is 12.3. The zero-order chi connectivity index (χ0) is 70.0. The third-order valence-electron chi connectivity index (χ3n) is 23.3. The largest absolute Gasteiger partial charge is 0.304 e. The van der Waals surface area contributed by atoms with Crippen molar-refractivity contribution in [2.75, 3.05) is 0 Å². The summed E-state index contributed by atoms with van der Waals surface area (Å²) < 4.78 is 2.67. The molecule has 0 bridgehead atoms. The Morgan fingerprint density at radius 3 is 1.40 bits per heavy atom. The van der Waals surface area contributed by atoms with Gasteiger partial charge < -0.3 is 4.57 Å². The Bertz CT molecular complexity index is 6110. The van der Waals surface area contributed by atoms with Crippen LogP contribution in [-0.4, -0.2) is 21.1 Å². The molecule has 0 N–H and O–H groups in total. The van der Waals surface area contributed by atoms with Crippen molar-refractivity contribution in [1.29, 1.82) is 0 Å². The van der Waals surface area contributed by atoms with Gasteiger partial charge in [0.1, 0.15) is 11.4 Å². The molecule has 0 saturated carbocycles. The highest BCUT2D eigenvalue weighted by molar-refractivity contribution is 6.33. The van der Waals surface area contributed by atoms with Crippen molar-refractivity contribution in [3.05, 3.63) is 271 Å². The summed E-state index contributed by atoms with van der Waals surface area (Å²) in [6, 6.07) is 59.2. The van der Waals surface area contributed by atoms with Crippen LogP contribution in [0.1, 0.15) is 164 Å². The molecular weight excluding hydrogens is 1220 g/mol. The maximum Gasteiger partial charge on any atom is 0.194 e. The molecule has 3 heterocycles. The first-order valence-corrected chi connectivity index (χ1v) is 36.0. The number of imidazole rings is 1. The van der Waals surface area contributed by atoms with Crippen molar-refractivity contribution in [2.24, 2.45) is 31.6 Å². The zero-order valence-corrected chi connectivity index (χ0v) is 61.1. The highest BCUT2D eigenvalue weighted by Gasteiger charge is 2.61. The number of aromatic nitrogens is 2. The lowest BCUT2D eigenvalue weighted by Gasteiger charge is -2.50. The maximum atomic E-state index is 15.8. The summed E-state index contributed by atoms with van der Waals surface area (Å²) in [6.45, 7) is 40.2. The van der Waals surface area contributed by atoms with Crippen molar-refractivity contribution < 1.29 is 9.59 Å². The minimum atomic E-state index is -1.40. The van der Waals surface area contributed by atoms with Crippen LogP contribution in [0.5, 0.6) is 0 Å². The third kappa shape index (κ3) is 8.11. The van der Waals surface area contributed by atoms with Crippen LogP contribution in [-0.2, 0) is 37.0 Å². The van der Waals surface area contributed by atoms with Crippen LogP contribution in [0, 0.1) is 21.7 Å². The Morgan fingerprint density at radius 2 is 0.850 bits per heavy atom.